The van der Waals surface area contributed by atoms with E-state index in [1.807, 2.05) is 12.1 Å². The van der Waals surface area contributed by atoms with E-state index in [9.17, 15) is 4.79 Å². The number of para-hydroxylation sites is 1. The van der Waals surface area contributed by atoms with Gasteiger partial charge >= 0.3 is 0 Å². The van der Waals surface area contributed by atoms with E-state index < -0.39 is 0 Å². The molecule has 0 aliphatic carbocycles. The van der Waals surface area contributed by atoms with E-state index in [2.05, 4.69) is 47.2 Å². The highest BCUT2D eigenvalue weighted by molar-refractivity contribution is 5.91. The first kappa shape index (κ1) is 19.0. The van der Waals surface area contributed by atoms with Crippen molar-refractivity contribution >= 4 is 23.4 Å². The first-order valence-electron chi connectivity index (χ1n) is 9.88. The number of furan rings is 1. The van der Waals surface area contributed by atoms with Crippen molar-refractivity contribution in [2.75, 3.05) is 36.4 Å². The predicted octanol–water partition coefficient (Wildman–Crippen LogP) is 3.90. The molecule has 1 aliphatic heterocycles. The lowest BCUT2D eigenvalue weighted by Gasteiger charge is -2.34. The monoisotopic (exact) mass is 391 g/mol. The second-order valence-corrected chi connectivity index (χ2v) is 7.37. The fraction of sp³-hybridized carbons (Fsp3) is 0.318. The Morgan fingerprint density at radius 3 is 2.59 bits per heavy atom. The van der Waals surface area contributed by atoms with Crippen LogP contribution < -0.4 is 10.2 Å². The molecular weight excluding hydrogens is 366 g/mol. The summed E-state index contributed by atoms with van der Waals surface area (Å²) in [5.74, 6) is 2.15. The van der Waals surface area contributed by atoms with Gasteiger partial charge in [0, 0.05) is 38.1 Å². The van der Waals surface area contributed by atoms with E-state index in [1.54, 1.807) is 23.2 Å². The summed E-state index contributed by atoms with van der Waals surface area (Å²) in [5.41, 5.74) is 2.30. The number of hydrogen-bond donors (Lipinski definition) is 1. The van der Waals surface area contributed by atoms with Crippen LogP contribution in [0.5, 0.6) is 0 Å². The molecule has 7 heteroatoms. The van der Waals surface area contributed by atoms with E-state index in [0.717, 1.165) is 11.5 Å². The molecule has 1 aliphatic rings. The molecule has 1 N–H and O–H groups in total. The van der Waals surface area contributed by atoms with Crippen molar-refractivity contribution in [1.29, 1.82) is 0 Å². The maximum Gasteiger partial charge on any atom is 0.289 e. The molecule has 2 aromatic heterocycles. The van der Waals surface area contributed by atoms with Gasteiger partial charge in [-0.2, -0.15) is 4.98 Å². The number of aromatic nitrogens is 2. The Labute approximate surface area is 170 Å². The summed E-state index contributed by atoms with van der Waals surface area (Å²) in [7, 11) is 0. The van der Waals surface area contributed by atoms with Gasteiger partial charge in [-0.3, -0.25) is 4.79 Å². The van der Waals surface area contributed by atoms with Crippen molar-refractivity contribution in [2.45, 2.75) is 19.8 Å². The SMILES string of the molecule is CC(C)c1ccccc1Nc1ccnc(N2CCN(C(=O)c3ccco3)CC2)n1. The molecule has 1 fully saturated rings. The van der Waals surface area contributed by atoms with Crippen molar-refractivity contribution in [3.05, 3.63) is 66.2 Å². The molecule has 3 heterocycles. The third-order valence-corrected chi connectivity index (χ3v) is 5.07. The highest BCUT2D eigenvalue weighted by Crippen LogP contribution is 2.26. The topological polar surface area (TPSA) is 74.5 Å². The van der Waals surface area contributed by atoms with Crippen LogP contribution in [0.3, 0.4) is 0 Å². The number of amides is 1. The van der Waals surface area contributed by atoms with Crippen LogP contribution in [0.4, 0.5) is 17.5 Å². The number of nitrogens with zero attached hydrogens (tertiary/aromatic N) is 4. The standard InChI is InChI=1S/C22H25N5O2/c1-16(2)17-6-3-4-7-18(17)24-20-9-10-23-22(25-20)27-13-11-26(12-14-27)21(28)19-8-5-15-29-19/h3-10,15-16H,11-14H2,1-2H3,(H,23,24,25). The zero-order valence-electron chi connectivity index (χ0n) is 16.7. The van der Waals surface area contributed by atoms with Crippen LogP contribution in [-0.2, 0) is 0 Å². The maximum atomic E-state index is 12.4. The van der Waals surface area contributed by atoms with Crippen LogP contribution in [0.2, 0.25) is 0 Å². The average Bonchev–Trinajstić information content (AvgIpc) is 3.29. The van der Waals surface area contributed by atoms with Crippen molar-refractivity contribution in [3.8, 4) is 0 Å². The second kappa shape index (κ2) is 8.34. The van der Waals surface area contributed by atoms with E-state index in [-0.39, 0.29) is 5.91 Å². The molecular formula is C22H25N5O2. The Kier molecular flexibility index (Phi) is 5.46. The highest BCUT2D eigenvalue weighted by Gasteiger charge is 2.25. The lowest BCUT2D eigenvalue weighted by Crippen LogP contribution is -2.49. The fourth-order valence-corrected chi connectivity index (χ4v) is 3.49. The molecule has 0 bridgehead atoms. The van der Waals surface area contributed by atoms with Crippen molar-refractivity contribution < 1.29 is 9.21 Å². The lowest BCUT2D eigenvalue weighted by molar-refractivity contribution is 0.0714. The molecule has 29 heavy (non-hydrogen) atoms. The number of hydrogen-bond acceptors (Lipinski definition) is 6. The molecule has 0 unspecified atom stereocenters. The summed E-state index contributed by atoms with van der Waals surface area (Å²) in [6.07, 6.45) is 3.29. The van der Waals surface area contributed by atoms with Crippen LogP contribution in [0, 0.1) is 0 Å². The molecule has 3 aromatic rings. The quantitative estimate of drug-likeness (QED) is 0.711. The third-order valence-electron chi connectivity index (χ3n) is 5.07. The normalized spacial score (nSPS) is 14.3. The van der Waals surface area contributed by atoms with Gasteiger partial charge in [0.2, 0.25) is 5.95 Å². The molecule has 0 atom stereocenters. The van der Waals surface area contributed by atoms with Gasteiger partial charge in [-0.1, -0.05) is 32.0 Å². The summed E-state index contributed by atoms with van der Waals surface area (Å²) in [4.78, 5) is 25.5. The molecule has 7 nitrogen and oxygen atoms in total. The molecule has 1 aromatic carbocycles. The van der Waals surface area contributed by atoms with E-state index in [1.165, 1.54) is 11.8 Å². The van der Waals surface area contributed by atoms with Gasteiger partial charge in [0.05, 0.1) is 6.26 Å². The minimum atomic E-state index is -0.0729. The highest BCUT2D eigenvalue weighted by atomic mass is 16.3. The van der Waals surface area contributed by atoms with Crippen molar-refractivity contribution in [2.24, 2.45) is 0 Å². The first-order valence-corrected chi connectivity index (χ1v) is 9.88. The minimum Gasteiger partial charge on any atom is -0.459 e. The Bertz CT molecular complexity index is 963. The average molecular weight is 391 g/mol. The molecule has 1 amide bonds. The van der Waals surface area contributed by atoms with E-state index in [4.69, 9.17) is 9.40 Å². The molecule has 0 radical (unpaired) electrons. The first-order chi connectivity index (χ1) is 14.1. The summed E-state index contributed by atoms with van der Waals surface area (Å²) in [6, 6.07) is 13.6. The molecule has 1 saturated heterocycles. The lowest BCUT2D eigenvalue weighted by atomic mass is 10.0. The minimum absolute atomic E-state index is 0.0729. The van der Waals surface area contributed by atoms with Gasteiger partial charge in [-0.15, -0.1) is 0 Å². The van der Waals surface area contributed by atoms with Crippen LogP contribution >= 0.6 is 0 Å². The number of rotatable bonds is 5. The Balaban J connectivity index is 1.43. The van der Waals surface area contributed by atoms with Gasteiger partial charge < -0.3 is 19.5 Å². The Hall–Kier alpha value is -3.35. The van der Waals surface area contributed by atoms with E-state index in [0.29, 0.717) is 43.8 Å². The number of carbonyl (C=O) groups excluding carboxylic acids is 1. The van der Waals surface area contributed by atoms with Gasteiger partial charge in [-0.05, 0) is 35.7 Å². The van der Waals surface area contributed by atoms with Crippen LogP contribution in [0.25, 0.3) is 0 Å². The van der Waals surface area contributed by atoms with Gasteiger partial charge in [0.15, 0.2) is 5.76 Å². The second-order valence-electron chi connectivity index (χ2n) is 7.37. The smallest absolute Gasteiger partial charge is 0.289 e. The maximum absolute atomic E-state index is 12.4. The number of anilines is 3. The molecule has 4 rings (SSSR count). The zero-order chi connectivity index (χ0) is 20.2. The van der Waals surface area contributed by atoms with Crippen LogP contribution in [-0.4, -0.2) is 47.0 Å². The molecule has 0 spiro atoms. The number of piperazine rings is 1. The Morgan fingerprint density at radius 2 is 1.86 bits per heavy atom. The van der Waals surface area contributed by atoms with Gasteiger partial charge in [0.25, 0.3) is 5.91 Å². The summed E-state index contributed by atoms with van der Waals surface area (Å²) in [6.45, 7) is 6.93. The van der Waals surface area contributed by atoms with Crippen molar-refractivity contribution in [3.63, 3.8) is 0 Å². The van der Waals surface area contributed by atoms with Crippen LogP contribution in [0.15, 0.2) is 59.3 Å². The Morgan fingerprint density at radius 1 is 1.07 bits per heavy atom. The van der Waals surface area contributed by atoms with Gasteiger partial charge in [-0.25, -0.2) is 4.98 Å². The summed E-state index contributed by atoms with van der Waals surface area (Å²) < 4.78 is 5.22. The summed E-state index contributed by atoms with van der Waals surface area (Å²) >= 11 is 0. The summed E-state index contributed by atoms with van der Waals surface area (Å²) in [5, 5.41) is 3.42. The number of benzene rings is 1. The predicted molar refractivity (Wildman–Crippen MR) is 113 cm³/mol. The zero-order valence-corrected chi connectivity index (χ0v) is 16.7. The fourth-order valence-electron chi connectivity index (χ4n) is 3.49. The molecule has 0 saturated carbocycles. The van der Waals surface area contributed by atoms with Crippen LogP contribution in [0.1, 0.15) is 35.9 Å². The third kappa shape index (κ3) is 4.23. The largest absolute Gasteiger partial charge is 0.459 e. The van der Waals surface area contributed by atoms with Crippen molar-refractivity contribution in [1.82, 2.24) is 14.9 Å². The number of nitrogens with one attached hydrogen (secondary N) is 1. The van der Waals surface area contributed by atoms with Gasteiger partial charge in [0.1, 0.15) is 5.82 Å². The van der Waals surface area contributed by atoms with E-state index >= 15 is 0 Å². The number of carbonyl (C=O) groups is 1. The molecule has 150 valence electrons.